The van der Waals surface area contributed by atoms with Crippen molar-refractivity contribution in [1.29, 1.82) is 0 Å². The lowest BCUT2D eigenvalue weighted by atomic mass is 10.2. The zero-order valence-corrected chi connectivity index (χ0v) is 15.4. The van der Waals surface area contributed by atoms with Crippen molar-refractivity contribution >= 4 is 25.7 Å². The summed E-state index contributed by atoms with van der Waals surface area (Å²) in [5.74, 6) is 0.514. The van der Waals surface area contributed by atoms with E-state index < -0.39 is 20.0 Å². The van der Waals surface area contributed by atoms with Crippen LogP contribution in [0.3, 0.4) is 0 Å². The molecule has 1 aromatic rings. The molecule has 0 bridgehead atoms. The fourth-order valence-corrected chi connectivity index (χ4v) is 4.52. The number of piperazine rings is 1. The van der Waals surface area contributed by atoms with E-state index >= 15 is 0 Å². The molecule has 24 heavy (non-hydrogen) atoms. The van der Waals surface area contributed by atoms with Crippen LogP contribution in [0.2, 0.25) is 0 Å². The van der Waals surface area contributed by atoms with Crippen molar-refractivity contribution in [2.75, 3.05) is 56.7 Å². The van der Waals surface area contributed by atoms with Gasteiger partial charge >= 0.3 is 0 Å². The summed E-state index contributed by atoms with van der Waals surface area (Å²) in [5, 5.41) is 0. The van der Waals surface area contributed by atoms with Crippen molar-refractivity contribution < 1.29 is 21.6 Å². The first-order valence-electron chi connectivity index (χ1n) is 7.53. The van der Waals surface area contributed by atoms with Crippen molar-refractivity contribution in [2.45, 2.75) is 0 Å². The van der Waals surface area contributed by atoms with E-state index in [1.165, 1.54) is 4.31 Å². The maximum absolute atomic E-state index is 12.3. The van der Waals surface area contributed by atoms with Crippen LogP contribution in [0.1, 0.15) is 0 Å². The number of anilines is 1. The van der Waals surface area contributed by atoms with Gasteiger partial charge in [-0.05, 0) is 12.1 Å². The van der Waals surface area contributed by atoms with Gasteiger partial charge in [-0.1, -0.05) is 12.1 Å². The smallest absolute Gasteiger partial charge is 0.215 e. The highest BCUT2D eigenvalue weighted by atomic mass is 32.2. The minimum Gasteiger partial charge on any atom is -0.495 e. The van der Waals surface area contributed by atoms with Gasteiger partial charge < -0.3 is 9.64 Å². The summed E-state index contributed by atoms with van der Waals surface area (Å²) >= 11 is 0. The standard InChI is InChI=1S/C14H23N3O5S2/c1-22-14-6-4-3-5-13(14)16-8-10-17(11-9-16)24(20,21)12-7-15-23(2,18)19/h3-6,15H,7-12H2,1-2H3. The van der Waals surface area contributed by atoms with Gasteiger partial charge in [-0.2, -0.15) is 4.31 Å². The largest absolute Gasteiger partial charge is 0.495 e. The Morgan fingerprint density at radius 3 is 2.29 bits per heavy atom. The highest BCUT2D eigenvalue weighted by molar-refractivity contribution is 7.89. The van der Waals surface area contributed by atoms with Gasteiger partial charge in [-0.15, -0.1) is 0 Å². The fraction of sp³-hybridized carbons (Fsp3) is 0.571. The number of nitrogens with zero attached hydrogens (tertiary/aromatic N) is 2. The fourth-order valence-electron chi connectivity index (χ4n) is 2.58. The molecule has 0 aromatic heterocycles. The van der Waals surface area contributed by atoms with Gasteiger partial charge in [0.2, 0.25) is 20.0 Å². The molecule has 1 saturated heterocycles. The van der Waals surface area contributed by atoms with Crippen molar-refractivity contribution in [1.82, 2.24) is 9.03 Å². The third-order valence-electron chi connectivity index (χ3n) is 3.78. The normalized spacial score (nSPS) is 17.0. The molecule has 1 N–H and O–H groups in total. The van der Waals surface area contributed by atoms with Crippen molar-refractivity contribution in [3.63, 3.8) is 0 Å². The Morgan fingerprint density at radius 1 is 1.08 bits per heavy atom. The highest BCUT2D eigenvalue weighted by Crippen LogP contribution is 2.28. The minimum absolute atomic E-state index is 0.117. The number of sulfonamides is 2. The summed E-state index contributed by atoms with van der Waals surface area (Å²) in [5.41, 5.74) is 0.941. The highest BCUT2D eigenvalue weighted by Gasteiger charge is 2.27. The number of methoxy groups -OCH3 is 1. The number of rotatable bonds is 7. The Balaban J connectivity index is 1.94. The SMILES string of the molecule is COc1ccccc1N1CCN(S(=O)(=O)CCNS(C)(=O)=O)CC1. The number of hydrogen-bond acceptors (Lipinski definition) is 6. The maximum atomic E-state index is 12.3. The molecule has 0 unspecified atom stereocenters. The molecule has 1 heterocycles. The molecule has 0 amide bonds. The van der Waals surface area contributed by atoms with E-state index in [1.807, 2.05) is 24.3 Å². The second-order valence-corrected chi connectivity index (χ2v) is 9.46. The Labute approximate surface area is 143 Å². The van der Waals surface area contributed by atoms with Gasteiger partial charge in [-0.25, -0.2) is 21.6 Å². The van der Waals surface area contributed by atoms with Crippen LogP contribution in [0.25, 0.3) is 0 Å². The molecule has 1 aliphatic heterocycles. The van der Waals surface area contributed by atoms with Crippen LogP contribution in [0.4, 0.5) is 5.69 Å². The summed E-state index contributed by atoms with van der Waals surface area (Å²) in [7, 11) is -5.26. The third-order valence-corrected chi connectivity index (χ3v) is 6.38. The summed E-state index contributed by atoms with van der Waals surface area (Å²) in [4.78, 5) is 2.08. The molecule has 0 spiro atoms. The number of benzene rings is 1. The topological polar surface area (TPSA) is 96.0 Å². The molecule has 2 rings (SSSR count). The van der Waals surface area contributed by atoms with Gasteiger partial charge in [0.1, 0.15) is 5.75 Å². The quantitative estimate of drug-likeness (QED) is 0.701. The second-order valence-electron chi connectivity index (χ2n) is 5.54. The molecular formula is C14H23N3O5S2. The van der Waals surface area contributed by atoms with Crippen molar-refractivity contribution in [2.24, 2.45) is 0 Å². The Morgan fingerprint density at radius 2 is 1.71 bits per heavy atom. The van der Waals surface area contributed by atoms with Crippen LogP contribution < -0.4 is 14.4 Å². The zero-order chi connectivity index (χ0) is 17.8. The lowest BCUT2D eigenvalue weighted by Crippen LogP contribution is -2.50. The number of hydrogen-bond donors (Lipinski definition) is 1. The molecule has 136 valence electrons. The predicted octanol–water partition coefficient (Wildman–Crippen LogP) is -0.304. The van der Waals surface area contributed by atoms with E-state index in [0.717, 1.165) is 17.7 Å². The van der Waals surface area contributed by atoms with Crippen molar-refractivity contribution in [3.05, 3.63) is 24.3 Å². The first-order chi connectivity index (χ1) is 11.2. The zero-order valence-electron chi connectivity index (χ0n) is 13.8. The summed E-state index contributed by atoms with van der Waals surface area (Å²) in [6.07, 6.45) is 1.01. The number of nitrogens with one attached hydrogen (secondary N) is 1. The Kier molecular flexibility index (Phi) is 6.07. The van der Waals surface area contributed by atoms with E-state index in [1.54, 1.807) is 7.11 Å². The third kappa shape index (κ3) is 5.07. The van der Waals surface area contributed by atoms with Crippen molar-refractivity contribution in [3.8, 4) is 5.75 Å². The van der Waals surface area contributed by atoms with Gasteiger partial charge in [0.15, 0.2) is 0 Å². The lowest BCUT2D eigenvalue weighted by molar-refractivity contribution is 0.378. The number of para-hydroxylation sites is 2. The second kappa shape index (κ2) is 7.68. The average molecular weight is 377 g/mol. The molecule has 8 nitrogen and oxygen atoms in total. The lowest BCUT2D eigenvalue weighted by Gasteiger charge is -2.35. The molecule has 0 aliphatic carbocycles. The van der Waals surface area contributed by atoms with Gasteiger partial charge in [0, 0.05) is 32.7 Å². The van der Waals surface area contributed by atoms with Crippen LogP contribution in [0.5, 0.6) is 5.75 Å². The Hall–Kier alpha value is -1.36. The van der Waals surface area contributed by atoms with E-state index in [4.69, 9.17) is 4.74 Å². The predicted molar refractivity (Wildman–Crippen MR) is 93.4 cm³/mol. The number of ether oxygens (including phenoxy) is 1. The van der Waals surface area contributed by atoms with Crippen LogP contribution in [0.15, 0.2) is 24.3 Å². The molecule has 1 aromatic carbocycles. The average Bonchev–Trinajstić information content (AvgIpc) is 2.53. The molecule has 1 fully saturated rings. The molecule has 0 atom stereocenters. The van der Waals surface area contributed by atoms with Gasteiger partial charge in [0.25, 0.3) is 0 Å². The van der Waals surface area contributed by atoms with E-state index in [9.17, 15) is 16.8 Å². The first kappa shape index (κ1) is 19.0. The van der Waals surface area contributed by atoms with Crippen LogP contribution in [0, 0.1) is 0 Å². The summed E-state index contributed by atoms with van der Waals surface area (Å²) < 4.78 is 55.6. The van der Waals surface area contributed by atoms with Crippen LogP contribution in [-0.4, -0.2) is 73.0 Å². The van der Waals surface area contributed by atoms with Crippen LogP contribution in [-0.2, 0) is 20.0 Å². The van der Waals surface area contributed by atoms with E-state index in [-0.39, 0.29) is 12.3 Å². The molecule has 0 radical (unpaired) electrons. The maximum Gasteiger partial charge on any atom is 0.215 e. The Bertz CT molecular complexity index is 756. The monoisotopic (exact) mass is 377 g/mol. The van der Waals surface area contributed by atoms with E-state index in [0.29, 0.717) is 26.2 Å². The molecule has 0 saturated carbocycles. The first-order valence-corrected chi connectivity index (χ1v) is 11.0. The summed E-state index contributed by atoms with van der Waals surface area (Å²) in [6, 6.07) is 7.62. The van der Waals surface area contributed by atoms with Gasteiger partial charge in [0.05, 0.1) is 24.8 Å². The minimum atomic E-state index is -3.48. The molecular weight excluding hydrogens is 354 g/mol. The molecule has 10 heteroatoms. The summed E-state index contributed by atoms with van der Waals surface area (Å²) in [6.45, 7) is 1.71. The molecule has 1 aliphatic rings. The van der Waals surface area contributed by atoms with Crippen LogP contribution >= 0.6 is 0 Å². The van der Waals surface area contributed by atoms with E-state index in [2.05, 4.69) is 9.62 Å². The van der Waals surface area contributed by atoms with Gasteiger partial charge in [-0.3, -0.25) is 0 Å².